The molecule has 1 saturated carbocycles. The second-order valence-corrected chi connectivity index (χ2v) is 4.21. The van der Waals surface area contributed by atoms with Crippen molar-refractivity contribution in [2.24, 2.45) is 0 Å². The summed E-state index contributed by atoms with van der Waals surface area (Å²) >= 11 is 0. The molecule has 1 fully saturated rings. The third-order valence-corrected chi connectivity index (χ3v) is 2.88. The average Bonchev–Trinajstić information content (AvgIpc) is 3.15. The predicted octanol–water partition coefficient (Wildman–Crippen LogP) is 1.81. The minimum atomic E-state index is -0.421. The van der Waals surface area contributed by atoms with E-state index in [4.69, 9.17) is 0 Å². The van der Waals surface area contributed by atoms with Gasteiger partial charge in [0.05, 0.1) is 4.92 Å². The molecule has 0 bridgehead atoms. The van der Waals surface area contributed by atoms with Crippen molar-refractivity contribution in [2.75, 3.05) is 23.3 Å². The van der Waals surface area contributed by atoms with Gasteiger partial charge in [0.15, 0.2) is 0 Å². The van der Waals surface area contributed by atoms with E-state index in [0.29, 0.717) is 30.9 Å². The van der Waals surface area contributed by atoms with Gasteiger partial charge in [-0.15, -0.1) is 0 Å². The summed E-state index contributed by atoms with van der Waals surface area (Å²) in [6, 6.07) is 0.387. The van der Waals surface area contributed by atoms with Crippen LogP contribution in [-0.4, -0.2) is 34.0 Å². The van der Waals surface area contributed by atoms with Gasteiger partial charge in [-0.25, -0.2) is 4.98 Å². The Morgan fingerprint density at radius 2 is 2.28 bits per heavy atom. The molecular weight excluding hydrogens is 234 g/mol. The molecule has 0 atom stereocenters. The molecule has 7 nitrogen and oxygen atoms in total. The second kappa shape index (κ2) is 5.16. The molecule has 0 amide bonds. The minimum Gasteiger partial charge on any atom is -0.354 e. The van der Waals surface area contributed by atoms with Crippen LogP contribution in [0.4, 0.5) is 17.5 Å². The number of aromatic nitrogens is 2. The molecule has 0 aromatic carbocycles. The van der Waals surface area contributed by atoms with Gasteiger partial charge in [-0.2, -0.15) is 4.98 Å². The molecule has 0 radical (unpaired) electrons. The third-order valence-electron chi connectivity index (χ3n) is 2.88. The summed E-state index contributed by atoms with van der Waals surface area (Å²) in [6.07, 6.45) is 3.43. The maximum Gasteiger partial charge on any atom is 0.329 e. The van der Waals surface area contributed by atoms with Gasteiger partial charge in [-0.1, -0.05) is 0 Å². The van der Waals surface area contributed by atoms with Gasteiger partial charge in [0.1, 0.15) is 6.20 Å². The molecule has 1 heterocycles. The van der Waals surface area contributed by atoms with Crippen LogP contribution in [0.3, 0.4) is 0 Å². The molecule has 0 unspecified atom stereocenters. The van der Waals surface area contributed by atoms with Gasteiger partial charge >= 0.3 is 5.69 Å². The minimum absolute atomic E-state index is 0.0228. The summed E-state index contributed by atoms with van der Waals surface area (Å²) in [5.74, 6) is 0.869. The average molecular weight is 251 g/mol. The fraction of sp³-hybridized carbons (Fsp3) is 0.636. The number of anilines is 2. The van der Waals surface area contributed by atoms with Crippen LogP contribution in [0.5, 0.6) is 0 Å². The van der Waals surface area contributed by atoms with Gasteiger partial charge in [0.25, 0.3) is 0 Å². The van der Waals surface area contributed by atoms with Crippen molar-refractivity contribution < 1.29 is 4.92 Å². The Balaban J connectivity index is 2.38. The first-order chi connectivity index (χ1) is 8.67. The highest BCUT2D eigenvalue weighted by Crippen LogP contribution is 2.35. The molecule has 2 rings (SSSR count). The number of nitrogens with zero attached hydrogens (tertiary/aromatic N) is 4. The number of nitrogens with one attached hydrogen (secondary N) is 1. The maximum atomic E-state index is 11.0. The second-order valence-electron chi connectivity index (χ2n) is 4.21. The normalized spacial score (nSPS) is 14.3. The number of nitro groups is 1. The van der Waals surface area contributed by atoms with Gasteiger partial charge in [0.2, 0.25) is 11.8 Å². The van der Waals surface area contributed by atoms with E-state index in [1.807, 2.05) is 18.7 Å². The Morgan fingerprint density at radius 1 is 1.56 bits per heavy atom. The molecule has 1 N–H and O–H groups in total. The monoisotopic (exact) mass is 251 g/mol. The van der Waals surface area contributed by atoms with Crippen molar-refractivity contribution in [3.63, 3.8) is 0 Å². The third kappa shape index (κ3) is 2.49. The van der Waals surface area contributed by atoms with Crippen LogP contribution in [0.1, 0.15) is 26.7 Å². The van der Waals surface area contributed by atoms with E-state index >= 15 is 0 Å². The van der Waals surface area contributed by atoms with Gasteiger partial charge in [0, 0.05) is 19.1 Å². The predicted molar refractivity (Wildman–Crippen MR) is 68.9 cm³/mol. The summed E-state index contributed by atoms with van der Waals surface area (Å²) < 4.78 is 0. The van der Waals surface area contributed by atoms with Crippen LogP contribution in [0.15, 0.2) is 6.20 Å². The highest BCUT2D eigenvalue weighted by Gasteiger charge is 2.33. The molecule has 0 saturated heterocycles. The van der Waals surface area contributed by atoms with Crippen LogP contribution in [-0.2, 0) is 0 Å². The van der Waals surface area contributed by atoms with E-state index in [2.05, 4.69) is 15.3 Å². The van der Waals surface area contributed by atoms with Crippen LogP contribution in [0.25, 0.3) is 0 Å². The molecule has 0 spiro atoms. The Morgan fingerprint density at radius 3 is 2.78 bits per heavy atom. The van der Waals surface area contributed by atoms with Crippen molar-refractivity contribution in [3.8, 4) is 0 Å². The zero-order valence-corrected chi connectivity index (χ0v) is 10.6. The zero-order valence-electron chi connectivity index (χ0n) is 10.6. The Labute approximate surface area is 105 Å². The molecule has 1 aromatic heterocycles. The highest BCUT2D eigenvalue weighted by molar-refractivity contribution is 5.60. The molecule has 1 aromatic rings. The van der Waals surface area contributed by atoms with Crippen molar-refractivity contribution in [1.29, 1.82) is 0 Å². The lowest BCUT2D eigenvalue weighted by Gasteiger charge is -2.21. The SMILES string of the molecule is CCNc1ncc([N+](=O)[O-])c(N(CC)C2CC2)n1. The summed E-state index contributed by atoms with van der Waals surface area (Å²) in [6.45, 7) is 5.32. The van der Waals surface area contributed by atoms with Gasteiger partial charge in [-0.3, -0.25) is 10.1 Å². The Bertz CT molecular complexity index is 447. The van der Waals surface area contributed by atoms with E-state index in [0.717, 1.165) is 12.8 Å². The quantitative estimate of drug-likeness (QED) is 0.613. The fourth-order valence-corrected chi connectivity index (χ4v) is 1.92. The van der Waals surface area contributed by atoms with Crippen molar-refractivity contribution in [1.82, 2.24) is 9.97 Å². The lowest BCUT2D eigenvalue weighted by molar-refractivity contribution is -0.384. The number of rotatable bonds is 6. The van der Waals surface area contributed by atoms with Crippen molar-refractivity contribution in [2.45, 2.75) is 32.7 Å². The molecule has 98 valence electrons. The topological polar surface area (TPSA) is 84.2 Å². The van der Waals surface area contributed by atoms with Crippen LogP contribution >= 0.6 is 0 Å². The van der Waals surface area contributed by atoms with Crippen LogP contribution < -0.4 is 10.2 Å². The van der Waals surface area contributed by atoms with Crippen molar-refractivity contribution >= 4 is 17.5 Å². The lowest BCUT2D eigenvalue weighted by atomic mass is 10.4. The van der Waals surface area contributed by atoms with Crippen LogP contribution in [0, 0.1) is 10.1 Å². The first-order valence-corrected chi connectivity index (χ1v) is 6.19. The largest absolute Gasteiger partial charge is 0.354 e. The van der Waals surface area contributed by atoms with E-state index in [9.17, 15) is 10.1 Å². The lowest BCUT2D eigenvalue weighted by Crippen LogP contribution is -2.27. The standard InChI is InChI=1S/C11H17N5O2/c1-3-12-11-13-7-9(16(17)18)10(14-11)15(4-2)8-5-6-8/h7-8H,3-6H2,1-2H3,(H,12,13,14). The van der Waals surface area contributed by atoms with E-state index < -0.39 is 4.92 Å². The Kier molecular flexibility index (Phi) is 3.59. The molecule has 1 aliphatic carbocycles. The van der Waals surface area contributed by atoms with E-state index in [1.165, 1.54) is 6.20 Å². The Hall–Kier alpha value is -1.92. The first kappa shape index (κ1) is 12.5. The summed E-state index contributed by atoms with van der Waals surface area (Å²) in [7, 11) is 0. The first-order valence-electron chi connectivity index (χ1n) is 6.19. The van der Waals surface area contributed by atoms with Gasteiger partial charge < -0.3 is 10.2 Å². The van der Waals surface area contributed by atoms with Crippen molar-refractivity contribution in [3.05, 3.63) is 16.3 Å². The number of hydrogen-bond acceptors (Lipinski definition) is 6. The van der Waals surface area contributed by atoms with Crippen LogP contribution in [0.2, 0.25) is 0 Å². The number of hydrogen-bond donors (Lipinski definition) is 1. The fourth-order valence-electron chi connectivity index (χ4n) is 1.92. The molecular formula is C11H17N5O2. The van der Waals surface area contributed by atoms with E-state index in [1.54, 1.807) is 0 Å². The molecule has 1 aliphatic rings. The van der Waals surface area contributed by atoms with Gasteiger partial charge in [-0.05, 0) is 26.7 Å². The molecule has 18 heavy (non-hydrogen) atoms. The summed E-state index contributed by atoms with van der Waals surface area (Å²) in [4.78, 5) is 20.8. The smallest absolute Gasteiger partial charge is 0.329 e. The summed E-state index contributed by atoms with van der Waals surface area (Å²) in [5.41, 5.74) is -0.0228. The zero-order chi connectivity index (χ0) is 13.1. The van der Waals surface area contributed by atoms with E-state index in [-0.39, 0.29) is 5.69 Å². The molecule has 0 aliphatic heterocycles. The highest BCUT2D eigenvalue weighted by atomic mass is 16.6. The maximum absolute atomic E-state index is 11.0. The molecule has 7 heteroatoms. The summed E-state index contributed by atoms with van der Waals surface area (Å²) in [5, 5.41) is 14.0.